The highest BCUT2D eigenvalue weighted by atomic mass is 19.1. The first kappa shape index (κ1) is 21.3. The normalized spacial score (nSPS) is 20.5. The number of pyridine rings is 1. The summed E-state index contributed by atoms with van der Waals surface area (Å²) in [4.78, 5) is 44.3. The Labute approximate surface area is 189 Å². The number of halogens is 1. The quantitative estimate of drug-likeness (QED) is 0.477. The summed E-state index contributed by atoms with van der Waals surface area (Å²) in [6.45, 7) is 2.60. The fraction of sp³-hybridized carbons (Fsp3) is 0.391. The molecule has 4 heterocycles. The van der Waals surface area contributed by atoms with Gasteiger partial charge in [0, 0.05) is 38.8 Å². The van der Waals surface area contributed by atoms with E-state index in [1.807, 2.05) is 6.07 Å². The first-order valence-electron chi connectivity index (χ1n) is 10.8. The van der Waals surface area contributed by atoms with Gasteiger partial charge < -0.3 is 14.2 Å². The molecule has 3 saturated heterocycles. The average molecular weight is 455 g/mol. The molecule has 1 amide bonds. The van der Waals surface area contributed by atoms with Crippen LogP contribution in [-0.4, -0.2) is 65.8 Å². The molecule has 3 fully saturated rings. The Hall–Kier alpha value is -3.53. The van der Waals surface area contributed by atoms with Gasteiger partial charge in [-0.25, -0.2) is 19.0 Å². The Kier molecular flexibility index (Phi) is 5.45. The van der Waals surface area contributed by atoms with E-state index in [-0.39, 0.29) is 18.3 Å². The van der Waals surface area contributed by atoms with E-state index in [9.17, 15) is 18.8 Å². The minimum absolute atomic E-state index is 0.0408. The van der Waals surface area contributed by atoms with Crippen LogP contribution in [0.3, 0.4) is 0 Å². The molecule has 172 valence electrons. The number of aromatic nitrogens is 1. The van der Waals surface area contributed by atoms with Crippen LogP contribution in [0, 0.1) is 5.82 Å². The number of hydrogen-bond donors (Lipinski definition) is 0. The van der Waals surface area contributed by atoms with Gasteiger partial charge in [-0.1, -0.05) is 6.07 Å². The maximum atomic E-state index is 13.1. The molecule has 0 bridgehead atoms. The van der Waals surface area contributed by atoms with E-state index in [1.165, 1.54) is 17.0 Å². The SMILES string of the molecule is O=C1OC2(CCCN(c3ncccc3CCN3CC(Oc4ccc(F)cc4)C3)C2=O)OC1=O. The number of carbonyl (C=O) groups excluding carboxylic acids is 3. The fourth-order valence-electron chi connectivity index (χ4n) is 4.31. The van der Waals surface area contributed by atoms with Gasteiger partial charge in [0.05, 0.1) is 0 Å². The number of rotatable bonds is 6. The highest BCUT2D eigenvalue weighted by molar-refractivity contribution is 6.32. The predicted molar refractivity (Wildman–Crippen MR) is 112 cm³/mol. The summed E-state index contributed by atoms with van der Waals surface area (Å²) in [6.07, 6.45) is 2.90. The molecular weight excluding hydrogens is 433 g/mol. The zero-order valence-corrected chi connectivity index (χ0v) is 17.7. The first-order chi connectivity index (χ1) is 15.9. The molecule has 1 spiro atoms. The van der Waals surface area contributed by atoms with Crippen LogP contribution >= 0.6 is 0 Å². The minimum Gasteiger partial charge on any atom is -0.488 e. The van der Waals surface area contributed by atoms with Crippen molar-refractivity contribution in [2.45, 2.75) is 31.2 Å². The number of carbonyl (C=O) groups is 3. The Morgan fingerprint density at radius 2 is 1.82 bits per heavy atom. The number of nitrogens with zero attached hydrogens (tertiary/aromatic N) is 3. The van der Waals surface area contributed by atoms with Crippen molar-refractivity contribution >= 4 is 23.7 Å². The van der Waals surface area contributed by atoms with Crippen molar-refractivity contribution in [3.8, 4) is 5.75 Å². The standard InChI is InChI=1S/C23H22FN3O6/c24-16-4-6-17(7-5-16)31-18-13-26(14-18)12-8-15-3-1-10-25-19(15)27-11-2-9-23(22(27)30)32-20(28)21(29)33-23/h1,3-7,10,18H,2,8-9,11-14H2. The lowest BCUT2D eigenvalue weighted by Crippen LogP contribution is -2.55. The monoisotopic (exact) mass is 455 g/mol. The zero-order chi connectivity index (χ0) is 23.0. The summed E-state index contributed by atoms with van der Waals surface area (Å²) in [5, 5.41) is 0. The zero-order valence-electron chi connectivity index (χ0n) is 17.7. The third-order valence-corrected chi connectivity index (χ3v) is 6.00. The summed E-state index contributed by atoms with van der Waals surface area (Å²) in [7, 11) is 0. The maximum absolute atomic E-state index is 13.1. The molecule has 1 aromatic heterocycles. The molecule has 3 aliphatic rings. The van der Waals surface area contributed by atoms with E-state index < -0.39 is 23.6 Å². The van der Waals surface area contributed by atoms with Gasteiger partial charge in [0.2, 0.25) is 0 Å². The van der Waals surface area contributed by atoms with Crippen molar-refractivity contribution in [2.24, 2.45) is 0 Å². The number of anilines is 1. The molecule has 0 radical (unpaired) electrons. The summed E-state index contributed by atoms with van der Waals surface area (Å²) in [5.41, 5.74) is 0.862. The molecule has 0 saturated carbocycles. The van der Waals surface area contributed by atoms with E-state index in [2.05, 4.69) is 9.88 Å². The van der Waals surface area contributed by atoms with Gasteiger partial charge in [-0.05, 0) is 48.7 Å². The highest BCUT2D eigenvalue weighted by Gasteiger charge is 2.58. The fourth-order valence-corrected chi connectivity index (χ4v) is 4.31. The van der Waals surface area contributed by atoms with Gasteiger partial charge in [0.1, 0.15) is 23.5 Å². The van der Waals surface area contributed by atoms with E-state index in [4.69, 9.17) is 14.2 Å². The second-order valence-corrected chi connectivity index (χ2v) is 8.28. The molecule has 33 heavy (non-hydrogen) atoms. The van der Waals surface area contributed by atoms with Crippen molar-refractivity contribution in [2.75, 3.05) is 31.1 Å². The molecule has 1 aromatic carbocycles. The van der Waals surface area contributed by atoms with Gasteiger partial charge in [0.15, 0.2) is 0 Å². The molecule has 9 nitrogen and oxygen atoms in total. The van der Waals surface area contributed by atoms with E-state index in [1.54, 1.807) is 24.4 Å². The van der Waals surface area contributed by atoms with Crippen LogP contribution in [0.2, 0.25) is 0 Å². The topological polar surface area (TPSA) is 98.3 Å². The van der Waals surface area contributed by atoms with Gasteiger partial charge in [-0.3, -0.25) is 14.6 Å². The lowest BCUT2D eigenvalue weighted by Gasteiger charge is -2.39. The number of hydrogen-bond acceptors (Lipinski definition) is 8. The number of likely N-dealkylation sites (tertiary alicyclic amines) is 1. The highest BCUT2D eigenvalue weighted by Crippen LogP contribution is 2.35. The van der Waals surface area contributed by atoms with Crippen molar-refractivity contribution in [1.82, 2.24) is 9.88 Å². The van der Waals surface area contributed by atoms with Crippen LogP contribution in [0.1, 0.15) is 18.4 Å². The third-order valence-electron chi connectivity index (χ3n) is 6.00. The summed E-state index contributed by atoms with van der Waals surface area (Å²) >= 11 is 0. The number of amides is 1. The number of benzene rings is 1. The summed E-state index contributed by atoms with van der Waals surface area (Å²) in [5.74, 6) is -3.97. The van der Waals surface area contributed by atoms with Crippen LogP contribution < -0.4 is 9.64 Å². The first-order valence-corrected chi connectivity index (χ1v) is 10.8. The van der Waals surface area contributed by atoms with Crippen molar-refractivity contribution in [3.05, 3.63) is 54.0 Å². The Morgan fingerprint density at radius 3 is 2.55 bits per heavy atom. The summed E-state index contributed by atoms with van der Waals surface area (Å²) < 4.78 is 28.9. The molecular formula is C23H22FN3O6. The van der Waals surface area contributed by atoms with E-state index in [0.717, 1.165) is 25.2 Å². The van der Waals surface area contributed by atoms with Crippen LogP contribution in [0.25, 0.3) is 0 Å². The molecule has 0 atom stereocenters. The van der Waals surface area contributed by atoms with Gasteiger partial charge in [-0.2, -0.15) is 0 Å². The van der Waals surface area contributed by atoms with Gasteiger partial charge >= 0.3 is 23.6 Å². The van der Waals surface area contributed by atoms with E-state index in [0.29, 0.717) is 31.0 Å². The van der Waals surface area contributed by atoms with Crippen molar-refractivity contribution in [3.63, 3.8) is 0 Å². The molecule has 0 N–H and O–H groups in total. The van der Waals surface area contributed by atoms with Crippen LogP contribution in [0.15, 0.2) is 42.6 Å². The van der Waals surface area contributed by atoms with Crippen molar-refractivity contribution < 1.29 is 33.0 Å². The lowest BCUT2D eigenvalue weighted by atomic mass is 10.0. The molecule has 0 aliphatic carbocycles. The largest absolute Gasteiger partial charge is 0.488 e. The number of ether oxygens (including phenoxy) is 3. The lowest BCUT2D eigenvalue weighted by molar-refractivity contribution is -0.193. The molecule has 2 aromatic rings. The van der Waals surface area contributed by atoms with Gasteiger partial charge in [-0.15, -0.1) is 0 Å². The molecule has 10 heteroatoms. The minimum atomic E-state index is -1.89. The van der Waals surface area contributed by atoms with E-state index >= 15 is 0 Å². The van der Waals surface area contributed by atoms with Gasteiger partial charge in [0.25, 0.3) is 0 Å². The Balaban J connectivity index is 1.20. The smallest absolute Gasteiger partial charge is 0.421 e. The predicted octanol–water partition coefficient (Wildman–Crippen LogP) is 1.45. The summed E-state index contributed by atoms with van der Waals surface area (Å²) in [6, 6.07) is 9.66. The number of piperidine rings is 1. The average Bonchev–Trinajstić information content (AvgIpc) is 3.07. The molecule has 5 rings (SSSR count). The van der Waals surface area contributed by atoms with Crippen LogP contribution in [0.4, 0.5) is 10.2 Å². The van der Waals surface area contributed by atoms with Crippen molar-refractivity contribution in [1.29, 1.82) is 0 Å². The van der Waals surface area contributed by atoms with Crippen LogP contribution in [0.5, 0.6) is 5.75 Å². The molecule has 3 aliphatic heterocycles. The molecule has 0 unspecified atom stereocenters. The third kappa shape index (κ3) is 4.13. The Bertz CT molecular complexity index is 1070. The maximum Gasteiger partial charge on any atom is 0.421 e. The number of esters is 2. The van der Waals surface area contributed by atoms with Crippen LogP contribution in [-0.2, 0) is 30.3 Å². The Morgan fingerprint density at radius 1 is 1.09 bits per heavy atom. The second-order valence-electron chi connectivity index (χ2n) is 8.28. The second kappa shape index (κ2) is 8.43.